The normalized spacial score (nSPS) is 25.7. The molecule has 0 aromatic rings. The van der Waals surface area contributed by atoms with Crippen molar-refractivity contribution in [2.45, 2.75) is 57.3 Å². The Morgan fingerprint density at radius 1 is 1.36 bits per heavy atom. The van der Waals surface area contributed by atoms with Crippen LogP contribution in [0.3, 0.4) is 0 Å². The lowest BCUT2D eigenvalue weighted by Crippen LogP contribution is -3.09. The first-order chi connectivity index (χ1) is 6.61. The summed E-state index contributed by atoms with van der Waals surface area (Å²) in [4.78, 5) is 0. The molecule has 0 saturated heterocycles. The highest BCUT2D eigenvalue weighted by Gasteiger charge is 2.22. The molecule has 4 nitrogen and oxygen atoms in total. The van der Waals surface area contributed by atoms with Crippen molar-refractivity contribution in [1.29, 1.82) is 0 Å². The Balaban J connectivity index is 2.27. The zero-order chi connectivity index (χ0) is 10.6. The van der Waals surface area contributed by atoms with Crippen molar-refractivity contribution in [1.82, 2.24) is 5.32 Å². The Morgan fingerprint density at radius 2 is 1.93 bits per heavy atom. The fraction of sp³-hybridized carbons (Fsp3) is 1.00. The van der Waals surface area contributed by atoms with Crippen LogP contribution in [-0.2, 0) is 0 Å². The monoisotopic (exact) mass is 202 g/mol. The fourth-order valence-electron chi connectivity index (χ4n) is 1.88. The highest BCUT2D eigenvalue weighted by Crippen LogP contribution is 2.17. The summed E-state index contributed by atoms with van der Waals surface area (Å²) in [5.74, 6) is 0. The molecule has 2 unspecified atom stereocenters. The van der Waals surface area contributed by atoms with E-state index >= 15 is 0 Å². The summed E-state index contributed by atoms with van der Waals surface area (Å²) >= 11 is 0. The van der Waals surface area contributed by atoms with Gasteiger partial charge in [-0.3, -0.25) is 5.32 Å². The summed E-state index contributed by atoms with van der Waals surface area (Å²) in [6.07, 6.45) is 5.35. The lowest BCUT2D eigenvalue weighted by Gasteiger charge is -2.32. The second-order valence-electron chi connectivity index (χ2n) is 4.35. The average molecular weight is 202 g/mol. The number of aliphatic hydroxyl groups excluding tert-OH is 1. The first-order valence-corrected chi connectivity index (χ1v) is 5.56. The van der Waals surface area contributed by atoms with Gasteiger partial charge >= 0.3 is 0 Å². The second-order valence-corrected chi connectivity index (χ2v) is 4.35. The minimum absolute atomic E-state index is 0.0424. The lowest BCUT2D eigenvalue weighted by molar-refractivity contribution is -0.857. The van der Waals surface area contributed by atoms with Crippen molar-refractivity contribution in [3.63, 3.8) is 0 Å². The van der Waals surface area contributed by atoms with Crippen LogP contribution >= 0.6 is 0 Å². The highest BCUT2D eigenvalue weighted by molar-refractivity contribution is 4.74. The molecule has 1 aliphatic rings. The van der Waals surface area contributed by atoms with Crippen molar-refractivity contribution in [3.05, 3.63) is 5.21 Å². The van der Waals surface area contributed by atoms with Crippen molar-refractivity contribution < 1.29 is 10.2 Å². The number of rotatable bonds is 4. The molecule has 1 saturated carbocycles. The molecule has 4 heteroatoms. The van der Waals surface area contributed by atoms with E-state index in [2.05, 4.69) is 5.32 Å². The van der Waals surface area contributed by atoms with Gasteiger partial charge in [-0.25, -0.2) is 0 Å². The molecule has 1 aliphatic carbocycles. The van der Waals surface area contributed by atoms with E-state index in [-0.39, 0.29) is 11.1 Å². The number of hydrogen-bond acceptors (Lipinski definition) is 3. The van der Waals surface area contributed by atoms with Gasteiger partial charge in [-0.2, -0.15) is 0 Å². The van der Waals surface area contributed by atoms with Crippen molar-refractivity contribution in [2.75, 3.05) is 7.05 Å². The first-order valence-electron chi connectivity index (χ1n) is 5.56. The van der Waals surface area contributed by atoms with Crippen LogP contribution in [0.4, 0.5) is 0 Å². The van der Waals surface area contributed by atoms with Crippen LogP contribution in [0.5, 0.6) is 0 Å². The highest BCUT2D eigenvalue weighted by atomic mass is 16.5. The van der Waals surface area contributed by atoms with Gasteiger partial charge in [0.05, 0.1) is 7.05 Å². The molecular weight excluding hydrogens is 180 g/mol. The minimum atomic E-state index is -0.671. The second kappa shape index (κ2) is 5.66. The van der Waals surface area contributed by atoms with Gasteiger partial charge in [0, 0.05) is 6.04 Å². The smallest absolute Gasteiger partial charge is 0.157 e. The average Bonchev–Trinajstić information content (AvgIpc) is 2.18. The number of nitrogens with one attached hydrogen (secondary N) is 2. The van der Waals surface area contributed by atoms with Crippen molar-refractivity contribution in [2.24, 2.45) is 0 Å². The number of hydroxylamine groups is 2. The third-order valence-electron chi connectivity index (χ3n) is 3.13. The molecule has 0 bridgehead atoms. The van der Waals surface area contributed by atoms with Crippen LogP contribution in [0.1, 0.15) is 39.0 Å². The SMILES string of the molecule is C[C@H](C(O)NC1CCCCC1)[NH+](C)[O-]. The minimum Gasteiger partial charge on any atom is -0.634 e. The van der Waals surface area contributed by atoms with Gasteiger partial charge in [-0.15, -0.1) is 0 Å². The van der Waals surface area contributed by atoms with E-state index in [1.807, 2.05) is 0 Å². The number of hydrogen-bond donors (Lipinski definition) is 3. The molecule has 3 N–H and O–H groups in total. The number of aliphatic hydroxyl groups is 1. The summed E-state index contributed by atoms with van der Waals surface area (Å²) in [5, 5.41) is 23.9. The molecule has 0 heterocycles. The molecular formula is C10H22N2O2. The van der Waals surface area contributed by atoms with E-state index in [1.54, 1.807) is 6.92 Å². The standard InChI is InChI=1S/C10H22N2O2/c1-8(12(2)14)10(13)11-9-6-4-3-5-7-9/h8-13H,3-7H2,1-2H3/t8-,10?/m1/s1. The summed E-state index contributed by atoms with van der Waals surface area (Å²) < 4.78 is 0. The topological polar surface area (TPSA) is 59.8 Å². The molecule has 0 amide bonds. The number of quaternary nitrogens is 1. The number of likely N-dealkylation sites (N-methyl/N-ethyl adjacent to an activating group) is 1. The van der Waals surface area contributed by atoms with E-state index in [9.17, 15) is 10.3 Å². The van der Waals surface area contributed by atoms with Crippen molar-refractivity contribution >= 4 is 0 Å². The fourth-order valence-corrected chi connectivity index (χ4v) is 1.88. The van der Waals surface area contributed by atoms with Gasteiger partial charge in [-0.1, -0.05) is 19.3 Å². The molecule has 0 aromatic carbocycles. The van der Waals surface area contributed by atoms with Crippen LogP contribution < -0.4 is 10.4 Å². The maximum Gasteiger partial charge on any atom is 0.157 e. The summed E-state index contributed by atoms with van der Waals surface area (Å²) in [7, 11) is 1.52. The summed E-state index contributed by atoms with van der Waals surface area (Å²) in [5.41, 5.74) is 0. The molecule has 0 radical (unpaired) electrons. The Morgan fingerprint density at radius 3 is 2.43 bits per heavy atom. The van der Waals surface area contributed by atoms with Crippen LogP contribution in [0.2, 0.25) is 0 Å². The summed E-state index contributed by atoms with van der Waals surface area (Å²) in [6.45, 7) is 1.77. The Kier molecular flexibility index (Phi) is 4.81. The van der Waals surface area contributed by atoms with E-state index in [1.165, 1.54) is 26.3 Å². The molecule has 3 atom stereocenters. The first kappa shape index (κ1) is 11.9. The maximum absolute atomic E-state index is 11.0. The van der Waals surface area contributed by atoms with Crippen LogP contribution in [0.15, 0.2) is 0 Å². The van der Waals surface area contributed by atoms with Gasteiger partial charge in [0.25, 0.3) is 0 Å². The maximum atomic E-state index is 11.0. The Bertz CT molecular complexity index is 158. The predicted octanol–water partition coefficient (Wildman–Crippen LogP) is -0.372. The molecule has 84 valence electrons. The van der Waals surface area contributed by atoms with E-state index < -0.39 is 6.23 Å². The third-order valence-corrected chi connectivity index (χ3v) is 3.13. The van der Waals surface area contributed by atoms with E-state index in [4.69, 9.17) is 0 Å². The Hall–Kier alpha value is -0.160. The molecule has 0 spiro atoms. The third kappa shape index (κ3) is 3.53. The Labute approximate surface area is 85.9 Å². The van der Waals surface area contributed by atoms with Gasteiger partial charge in [0.2, 0.25) is 0 Å². The van der Waals surface area contributed by atoms with Crippen LogP contribution in [0, 0.1) is 5.21 Å². The molecule has 1 fully saturated rings. The summed E-state index contributed by atoms with van der Waals surface area (Å²) in [6, 6.07) is 0.109. The zero-order valence-electron chi connectivity index (χ0n) is 9.12. The zero-order valence-corrected chi connectivity index (χ0v) is 9.12. The van der Waals surface area contributed by atoms with E-state index in [0.29, 0.717) is 6.04 Å². The predicted molar refractivity (Wildman–Crippen MR) is 55.7 cm³/mol. The lowest BCUT2D eigenvalue weighted by atomic mass is 9.95. The van der Waals surface area contributed by atoms with Crippen molar-refractivity contribution in [3.8, 4) is 0 Å². The van der Waals surface area contributed by atoms with Crippen LogP contribution in [0.25, 0.3) is 0 Å². The largest absolute Gasteiger partial charge is 0.634 e. The van der Waals surface area contributed by atoms with Gasteiger partial charge in [0.15, 0.2) is 6.23 Å². The molecule has 0 aliphatic heterocycles. The molecule has 14 heavy (non-hydrogen) atoms. The van der Waals surface area contributed by atoms with Gasteiger partial charge < -0.3 is 15.4 Å². The van der Waals surface area contributed by atoms with Gasteiger partial charge in [-0.05, 0) is 19.8 Å². The van der Waals surface area contributed by atoms with Gasteiger partial charge in [0.1, 0.15) is 6.04 Å². The molecule has 0 aromatic heterocycles. The molecule has 1 rings (SSSR count). The van der Waals surface area contributed by atoms with E-state index in [0.717, 1.165) is 12.8 Å². The van der Waals surface area contributed by atoms with Crippen LogP contribution in [-0.4, -0.2) is 30.5 Å². The quantitative estimate of drug-likeness (QED) is 0.430.